The van der Waals surface area contributed by atoms with E-state index in [1.165, 1.54) is 0 Å². The average Bonchev–Trinajstić information content (AvgIpc) is 3.18. The zero-order chi connectivity index (χ0) is 19.7. The number of aryl methyl sites for hydroxylation is 2. The van der Waals surface area contributed by atoms with Gasteiger partial charge in [0.05, 0.1) is 11.9 Å². The molecule has 0 radical (unpaired) electrons. The van der Waals surface area contributed by atoms with Gasteiger partial charge in [0.1, 0.15) is 0 Å². The fourth-order valence-electron chi connectivity index (χ4n) is 3.55. The van der Waals surface area contributed by atoms with Gasteiger partial charge in [-0.3, -0.25) is 4.79 Å². The van der Waals surface area contributed by atoms with Gasteiger partial charge in [0.25, 0.3) is 5.91 Å². The molecule has 6 nitrogen and oxygen atoms in total. The molecule has 1 amide bonds. The Morgan fingerprint density at radius 1 is 0.929 bits per heavy atom. The van der Waals surface area contributed by atoms with Crippen LogP contribution < -0.4 is 4.90 Å². The number of hydrogen-bond acceptors (Lipinski definition) is 4. The average molecular weight is 396 g/mol. The molecular weight excluding hydrogens is 374 g/mol. The molecule has 0 saturated carbocycles. The Labute approximate surface area is 169 Å². The van der Waals surface area contributed by atoms with E-state index < -0.39 is 0 Å². The summed E-state index contributed by atoms with van der Waals surface area (Å²) in [5.74, 6) is -0.0774. The predicted molar refractivity (Wildman–Crippen MR) is 110 cm³/mol. The van der Waals surface area contributed by atoms with Crippen LogP contribution in [0.5, 0.6) is 0 Å². The fraction of sp³-hybridized carbons (Fsp3) is 0.286. The predicted octanol–water partition coefficient (Wildman–Crippen LogP) is 3.50. The van der Waals surface area contributed by atoms with Crippen LogP contribution in [0, 0.1) is 13.8 Å². The summed E-state index contributed by atoms with van der Waals surface area (Å²) in [5.41, 5.74) is 4.71. The van der Waals surface area contributed by atoms with Gasteiger partial charge in [0.15, 0.2) is 5.69 Å². The molecule has 144 valence electrons. The van der Waals surface area contributed by atoms with Gasteiger partial charge in [0, 0.05) is 36.9 Å². The molecule has 0 aliphatic carbocycles. The Morgan fingerprint density at radius 2 is 1.57 bits per heavy atom. The summed E-state index contributed by atoms with van der Waals surface area (Å²) >= 11 is 5.96. The topological polar surface area (TPSA) is 54.3 Å². The highest BCUT2D eigenvalue weighted by molar-refractivity contribution is 6.30. The molecule has 2 heterocycles. The highest BCUT2D eigenvalue weighted by Crippen LogP contribution is 2.20. The third-order valence-corrected chi connectivity index (χ3v) is 5.19. The first-order valence-electron chi connectivity index (χ1n) is 9.30. The maximum atomic E-state index is 12.8. The van der Waals surface area contributed by atoms with Gasteiger partial charge >= 0.3 is 0 Å². The van der Waals surface area contributed by atoms with Crippen molar-refractivity contribution in [2.75, 3.05) is 31.1 Å². The van der Waals surface area contributed by atoms with Crippen LogP contribution in [0.3, 0.4) is 0 Å². The standard InChI is InChI=1S/C21H22ClN5O/c1-15-11-16(2)13-19(12-15)27-14-20(23-24-27)21(28)26-9-7-25(8-10-26)18-5-3-17(22)4-6-18/h3-6,11-14H,7-10H2,1-2H3. The van der Waals surface area contributed by atoms with Crippen LogP contribution >= 0.6 is 11.6 Å². The van der Waals surface area contributed by atoms with Crippen LogP contribution in [-0.2, 0) is 0 Å². The zero-order valence-corrected chi connectivity index (χ0v) is 16.7. The van der Waals surface area contributed by atoms with Crippen LogP contribution in [0.1, 0.15) is 21.6 Å². The first-order valence-corrected chi connectivity index (χ1v) is 9.68. The Kier molecular flexibility index (Phi) is 5.05. The molecule has 0 bridgehead atoms. The lowest BCUT2D eigenvalue weighted by Crippen LogP contribution is -2.48. The minimum absolute atomic E-state index is 0.0774. The van der Waals surface area contributed by atoms with E-state index >= 15 is 0 Å². The van der Waals surface area contributed by atoms with Crippen LogP contribution in [-0.4, -0.2) is 52.0 Å². The summed E-state index contributed by atoms with van der Waals surface area (Å²) in [6.07, 6.45) is 1.71. The molecule has 1 saturated heterocycles. The number of piperazine rings is 1. The maximum absolute atomic E-state index is 12.8. The lowest BCUT2D eigenvalue weighted by Gasteiger charge is -2.35. The highest BCUT2D eigenvalue weighted by Gasteiger charge is 2.24. The summed E-state index contributed by atoms with van der Waals surface area (Å²) in [5, 5.41) is 8.99. The normalized spacial score (nSPS) is 14.4. The van der Waals surface area contributed by atoms with Crippen LogP contribution in [0.2, 0.25) is 5.02 Å². The number of anilines is 1. The third kappa shape index (κ3) is 3.87. The van der Waals surface area contributed by atoms with Gasteiger partial charge in [-0.2, -0.15) is 0 Å². The second-order valence-electron chi connectivity index (χ2n) is 7.15. The van der Waals surface area contributed by atoms with E-state index in [2.05, 4.69) is 21.3 Å². The first-order chi connectivity index (χ1) is 13.5. The van der Waals surface area contributed by atoms with E-state index in [4.69, 9.17) is 11.6 Å². The fourth-order valence-corrected chi connectivity index (χ4v) is 3.68. The van der Waals surface area contributed by atoms with Gasteiger partial charge in [-0.15, -0.1) is 5.10 Å². The van der Waals surface area contributed by atoms with Crippen LogP contribution in [0.4, 0.5) is 5.69 Å². The molecule has 4 rings (SSSR count). The van der Waals surface area contributed by atoms with Crippen molar-refractivity contribution in [3.05, 3.63) is 70.5 Å². The number of amides is 1. The van der Waals surface area contributed by atoms with Crippen molar-refractivity contribution >= 4 is 23.2 Å². The van der Waals surface area contributed by atoms with Crippen molar-refractivity contribution in [1.82, 2.24) is 19.9 Å². The molecule has 3 aromatic rings. The molecule has 2 aromatic carbocycles. The molecule has 1 aliphatic heterocycles. The number of carbonyl (C=O) groups is 1. The monoisotopic (exact) mass is 395 g/mol. The summed E-state index contributed by atoms with van der Waals surface area (Å²) in [7, 11) is 0. The Hall–Kier alpha value is -2.86. The van der Waals surface area contributed by atoms with Crippen LogP contribution in [0.25, 0.3) is 5.69 Å². The van der Waals surface area contributed by atoms with E-state index in [-0.39, 0.29) is 5.91 Å². The molecule has 0 unspecified atom stereocenters. The van der Waals surface area contributed by atoms with Gasteiger partial charge in [0.2, 0.25) is 0 Å². The minimum atomic E-state index is -0.0774. The largest absolute Gasteiger partial charge is 0.368 e. The van der Waals surface area contributed by atoms with Gasteiger partial charge in [-0.1, -0.05) is 22.9 Å². The van der Waals surface area contributed by atoms with Crippen molar-refractivity contribution in [2.45, 2.75) is 13.8 Å². The number of aromatic nitrogens is 3. The molecule has 0 spiro atoms. The summed E-state index contributed by atoms with van der Waals surface area (Å²) in [6, 6.07) is 14.0. The summed E-state index contributed by atoms with van der Waals surface area (Å²) < 4.78 is 1.66. The van der Waals surface area contributed by atoms with Gasteiger partial charge in [-0.05, 0) is 61.4 Å². The zero-order valence-electron chi connectivity index (χ0n) is 16.0. The Bertz CT molecular complexity index is 970. The smallest absolute Gasteiger partial charge is 0.276 e. The number of hydrogen-bond donors (Lipinski definition) is 0. The van der Waals surface area contributed by atoms with E-state index in [9.17, 15) is 4.79 Å². The number of benzene rings is 2. The summed E-state index contributed by atoms with van der Waals surface area (Å²) in [6.45, 7) is 6.94. The molecule has 1 aliphatic rings. The van der Waals surface area contributed by atoms with Gasteiger partial charge in [-0.25, -0.2) is 4.68 Å². The first kappa shape index (κ1) is 18.5. The van der Waals surface area contributed by atoms with Crippen molar-refractivity contribution in [3.63, 3.8) is 0 Å². The van der Waals surface area contributed by atoms with Gasteiger partial charge < -0.3 is 9.80 Å². The number of carbonyl (C=O) groups excluding carboxylic acids is 1. The second-order valence-corrected chi connectivity index (χ2v) is 7.59. The highest BCUT2D eigenvalue weighted by atomic mass is 35.5. The maximum Gasteiger partial charge on any atom is 0.276 e. The molecule has 7 heteroatoms. The molecule has 28 heavy (non-hydrogen) atoms. The van der Waals surface area contributed by atoms with E-state index in [0.29, 0.717) is 18.8 Å². The molecule has 1 fully saturated rings. The Balaban J connectivity index is 1.43. The van der Waals surface area contributed by atoms with Crippen LogP contribution in [0.15, 0.2) is 48.7 Å². The van der Waals surface area contributed by atoms with E-state index in [0.717, 1.165) is 40.6 Å². The molecular formula is C21H22ClN5O. The van der Waals surface area contributed by atoms with E-state index in [1.54, 1.807) is 10.9 Å². The van der Waals surface area contributed by atoms with Crippen molar-refractivity contribution in [3.8, 4) is 5.69 Å². The lowest BCUT2D eigenvalue weighted by atomic mass is 10.1. The lowest BCUT2D eigenvalue weighted by molar-refractivity contribution is 0.0741. The third-order valence-electron chi connectivity index (χ3n) is 4.94. The summed E-state index contributed by atoms with van der Waals surface area (Å²) in [4.78, 5) is 16.9. The SMILES string of the molecule is Cc1cc(C)cc(-n2cc(C(=O)N3CCN(c4ccc(Cl)cc4)CC3)nn2)c1. The Morgan fingerprint density at radius 3 is 2.21 bits per heavy atom. The minimum Gasteiger partial charge on any atom is -0.368 e. The number of halogens is 1. The number of nitrogens with zero attached hydrogens (tertiary/aromatic N) is 5. The van der Waals surface area contributed by atoms with Crippen molar-refractivity contribution in [1.29, 1.82) is 0 Å². The van der Waals surface area contributed by atoms with Crippen molar-refractivity contribution in [2.24, 2.45) is 0 Å². The van der Waals surface area contributed by atoms with Crippen molar-refractivity contribution < 1.29 is 4.79 Å². The molecule has 1 aromatic heterocycles. The number of rotatable bonds is 3. The molecule has 0 atom stereocenters. The van der Waals surface area contributed by atoms with E-state index in [1.807, 2.05) is 55.1 Å². The molecule has 0 N–H and O–H groups in total. The quantitative estimate of drug-likeness (QED) is 0.681. The second kappa shape index (κ2) is 7.64.